The molecular weight excluding hydrogens is 324 g/mol. The van der Waals surface area contributed by atoms with Gasteiger partial charge >= 0.3 is 0 Å². The van der Waals surface area contributed by atoms with Gasteiger partial charge in [-0.3, -0.25) is 9.59 Å². The molecule has 0 unspecified atom stereocenters. The molecule has 0 radical (unpaired) electrons. The normalized spacial score (nSPS) is 10.3. The molecule has 0 spiro atoms. The molecule has 2 rings (SSSR count). The number of benzene rings is 2. The number of phenolic OH excluding ortho intramolecular Hbond substituents is 3. The lowest BCUT2D eigenvalue weighted by Gasteiger charge is -2.09. The average Bonchev–Trinajstić information content (AvgIpc) is 2.58. The summed E-state index contributed by atoms with van der Waals surface area (Å²) >= 11 is 0. The van der Waals surface area contributed by atoms with Gasteiger partial charge in [-0.25, -0.2) is 0 Å². The average molecular weight is 344 g/mol. The van der Waals surface area contributed by atoms with Crippen LogP contribution in [0.5, 0.6) is 17.2 Å². The number of carbonyl (C=O) groups excluding carboxylic acids is 2. The van der Waals surface area contributed by atoms with Gasteiger partial charge in [-0.1, -0.05) is 6.07 Å². The lowest BCUT2D eigenvalue weighted by molar-refractivity contribution is 0.0927. The number of amides is 2. The van der Waals surface area contributed by atoms with Crippen molar-refractivity contribution in [1.29, 1.82) is 0 Å². The standard InChI is InChI=1S/C18H20N2O5/c1-10-3-4-12(7-11(10)2)17(24)19-5-6-20-18(25)13-8-14(21)16(23)15(22)9-13/h3-4,7-9,21-23H,5-6H2,1-2H3,(H,19,24)(H,20,25). The minimum Gasteiger partial charge on any atom is -0.504 e. The second kappa shape index (κ2) is 7.57. The summed E-state index contributed by atoms with van der Waals surface area (Å²) in [6.07, 6.45) is 0. The van der Waals surface area contributed by atoms with E-state index in [2.05, 4.69) is 10.6 Å². The quantitative estimate of drug-likeness (QED) is 0.417. The molecule has 5 N–H and O–H groups in total. The minimum absolute atomic E-state index is 0.00622. The lowest BCUT2D eigenvalue weighted by atomic mass is 10.1. The highest BCUT2D eigenvalue weighted by molar-refractivity contribution is 5.96. The van der Waals surface area contributed by atoms with Gasteiger partial charge in [0.1, 0.15) is 0 Å². The first-order valence-corrected chi connectivity index (χ1v) is 7.68. The molecule has 7 heteroatoms. The van der Waals surface area contributed by atoms with Crippen LogP contribution in [0.2, 0.25) is 0 Å². The van der Waals surface area contributed by atoms with Crippen molar-refractivity contribution in [3.8, 4) is 17.2 Å². The van der Waals surface area contributed by atoms with Gasteiger partial charge in [0.25, 0.3) is 11.8 Å². The van der Waals surface area contributed by atoms with Crippen LogP contribution in [0.25, 0.3) is 0 Å². The number of hydrogen-bond donors (Lipinski definition) is 5. The summed E-state index contributed by atoms with van der Waals surface area (Å²) in [5.74, 6) is -2.65. The Balaban J connectivity index is 1.85. The molecule has 0 aliphatic carbocycles. The SMILES string of the molecule is Cc1ccc(C(=O)NCCNC(=O)c2cc(O)c(O)c(O)c2)cc1C. The highest BCUT2D eigenvalue weighted by Gasteiger charge is 2.13. The van der Waals surface area contributed by atoms with E-state index in [0.717, 1.165) is 23.3 Å². The summed E-state index contributed by atoms with van der Waals surface area (Å²) in [5.41, 5.74) is 2.66. The second-order valence-corrected chi connectivity index (χ2v) is 5.67. The topological polar surface area (TPSA) is 119 Å². The van der Waals surface area contributed by atoms with Crippen LogP contribution in [-0.2, 0) is 0 Å². The fourth-order valence-electron chi connectivity index (χ4n) is 2.17. The zero-order valence-corrected chi connectivity index (χ0v) is 14.0. The van der Waals surface area contributed by atoms with Crippen molar-refractivity contribution in [2.75, 3.05) is 13.1 Å². The summed E-state index contributed by atoms with van der Waals surface area (Å²) in [6.45, 7) is 4.27. The first-order valence-electron chi connectivity index (χ1n) is 7.68. The molecule has 0 aliphatic rings. The van der Waals surface area contributed by atoms with Gasteiger partial charge in [0.2, 0.25) is 0 Å². The summed E-state index contributed by atoms with van der Waals surface area (Å²) in [5, 5.41) is 33.3. The van der Waals surface area contributed by atoms with E-state index in [1.165, 1.54) is 0 Å². The van der Waals surface area contributed by atoms with Crippen LogP contribution in [0.15, 0.2) is 30.3 Å². The van der Waals surface area contributed by atoms with Crippen LogP contribution in [0.3, 0.4) is 0 Å². The molecule has 0 bridgehead atoms. The van der Waals surface area contributed by atoms with Gasteiger partial charge < -0.3 is 26.0 Å². The van der Waals surface area contributed by atoms with E-state index in [9.17, 15) is 24.9 Å². The molecule has 0 fully saturated rings. The van der Waals surface area contributed by atoms with Crippen molar-refractivity contribution in [1.82, 2.24) is 10.6 Å². The molecular formula is C18H20N2O5. The summed E-state index contributed by atoms with van der Waals surface area (Å²) in [4.78, 5) is 24.0. The maximum absolute atomic E-state index is 12.0. The van der Waals surface area contributed by atoms with Gasteiger partial charge in [0.15, 0.2) is 17.2 Å². The maximum atomic E-state index is 12.0. The van der Waals surface area contributed by atoms with Crippen molar-refractivity contribution in [2.24, 2.45) is 0 Å². The lowest BCUT2D eigenvalue weighted by Crippen LogP contribution is -2.34. The fourth-order valence-corrected chi connectivity index (χ4v) is 2.17. The highest BCUT2D eigenvalue weighted by Crippen LogP contribution is 2.35. The summed E-state index contributed by atoms with van der Waals surface area (Å²) in [7, 11) is 0. The van der Waals surface area contributed by atoms with E-state index in [-0.39, 0.29) is 24.6 Å². The minimum atomic E-state index is -0.683. The smallest absolute Gasteiger partial charge is 0.251 e. The molecule has 7 nitrogen and oxygen atoms in total. The van der Waals surface area contributed by atoms with Crippen LogP contribution in [0.1, 0.15) is 31.8 Å². The molecule has 2 aromatic carbocycles. The summed E-state index contributed by atoms with van der Waals surface area (Å²) in [6, 6.07) is 7.48. The van der Waals surface area contributed by atoms with E-state index in [1.807, 2.05) is 19.9 Å². The second-order valence-electron chi connectivity index (χ2n) is 5.67. The van der Waals surface area contributed by atoms with Crippen LogP contribution in [0.4, 0.5) is 0 Å². The van der Waals surface area contributed by atoms with Crippen LogP contribution in [0, 0.1) is 13.8 Å². The van der Waals surface area contributed by atoms with Crippen molar-refractivity contribution >= 4 is 11.8 Å². The number of aromatic hydroxyl groups is 3. The van der Waals surface area contributed by atoms with Crippen LogP contribution in [-0.4, -0.2) is 40.2 Å². The van der Waals surface area contributed by atoms with Crippen molar-refractivity contribution in [3.63, 3.8) is 0 Å². The number of carbonyl (C=O) groups is 2. The fraction of sp³-hybridized carbons (Fsp3) is 0.222. The Morgan fingerprint density at radius 1 is 0.800 bits per heavy atom. The van der Waals surface area contributed by atoms with Crippen LogP contribution < -0.4 is 10.6 Å². The third-order valence-electron chi connectivity index (χ3n) is 3.80. The molecule has 0 saturated carbocycles. The van der Waals surface area contributed by atoms with Crippen molar-refractivity contribution in [2.45, 2.75) is 13.8 Å². The predicted octanol–water partition coefficient (Wildman–Crippen LogP) is 1.58. The van der Waals surface area contributed by atoms with E-state index >= 15 is 0 Å². The Bertz CT molecular complexity index is 794. The number of phenols is 3. The Morgan fingerprint density at radius 2 is 1.32 bits per heavy atom. The third kappa shape index (κ3) is 4.41. The number of nitrogens with one attached hydrogen (secondary N) is 2. The number of hydrogen-bond acceptors (Lipinski definition) is 5. The molecule has 25 heavy (non-hydrogen) atoms. The Hall–Kier alpha value is -3.22. The number of rotatable bonds is 5. The number of aryl methyl sites for hydroxylation is 2. The molecule has 0 aliphatic heterocycles. The predicted molar refractivity (Wildman–Crippen MR) is 92.0 cm³/mol. The zero-order chi connectivity index (χ0) is 18.6. The highest BCUT2D eigenvalue weighted by atomic mass is 16.3. The van der Waals surface area contributed by atoms with Gasteiger partial charge in [0.05, 0.1) is 0 Å². The Labute approximate surface area is 144 Å². The molecule has 0 saturated heterocycles. The van der Waals surface area contributed by atoms with Crippen LogP contribution >= 0.6 is 0 Å². The largest absolute Gasteiger partial charge is 0.504 e. The third-order valence-corrected chi connectivity index (χ3v) is 3.80. The molecule has 132 valence electrons. The zero-order valence-electron chi connectivity index (χ0n) is 14.0. The van der Waals surface area contributed by atoms with E-state index in [1.54, 1.807) is 12.1 Å². The first kappa shape index (κ1) is 18.1. The summed E-state index contributed by atoms with van der Waals surface area (Å²) < 4.78 is 0. The molecule has 0 atom stereocenters. The van der Waals surface area contributed by atoms with E-state index < -0.39 is 23.2 Å². The Kier molecular flexibility index (Phi) is 5.49. The maximum Gasteiger partial charge on any atom is 0.251 e. The van der Waals surface area contributed by atoms with Gasteiger partial charge in [-0.05, 0) is 49.2 Å². The van der Waals surface area contributed by atoms with Gasteiger partial charge in [-0.2, -0.15) is 0 Å². The van der Waals surface area contributed by atoms with Crippen molar-refractivity contribution in [3.05, 3.63) is 52.6 Å². The Morgan fingerprint density at radius 3 is 1.84 bits per heavy atom. The van der Waals surface area contributed by atoms with Gasteiger partial charge in [-0.15, -0.1) is 0 Å². The monoisotopic (exact) mass is 344 g/mol. The first-order chi connectivity index (χ1) is 11.8. The van der Waals surface area contributed by atoms with E-state index in [0.29, 0.717) is 5.56 Å². The molecule has 0 heterocycles. The van der Waals surface area contributed by atoms with Gasteiger partial charge in [0, 0.05) is 24.2 Å². The molecule has 2 aromatic rings. The van der Waals surface area contributed by atoms with E-state index in [4.69, 9.17) is 0 Å². The molecule has 2 amide bonds. The van der Waals surface area contributed by atoms with Crippen molar-refractivity contribution < 1.29 is 24.9 Å². The molecule has 0 aromatic heterocycles.